The van der Waals surface area contributed by atoms with Crippen LogP contribution in [0.3, 0.4) is 0 Å². The zero-order valence-electron chi connectivity index (χ0n) is 11.5. The van der Waals surface area contributed by atoms with Crippen LogP contribution in [-0.2, 0) is 4.79 Å². The normalized spacial score (nSPS) is 10.0. The highest BCUT2D eigenvalue weighted by atomic mass is 35.5. The van der Waals surface area contributed by atoms with Crippen molar-refractivity contribution in [3.8, 4) is 0 Å². The third kappa shape index (κ3) is 5.66. The summed E-state index contributed by atoms with van der Waals surface area (Å²) in [7, 11) is 0. The van der Waals surface area contributed by atoms with Crippen LogP contribution < -0.4 is 16.0 Å². The van der Waals surface area contributed by atoms with E-state index >= 15 is 0 Å². The first-order valence-electron chi connectivity index (χ1n) is 6.50. The molecule has 2 aromatic rings. The minimum Gasteiger partial charge on any atom is -0.338 e. The molecule has 0 saturated heterocycles. The molecule has 0 atom stereocenters. The lowest BCUT2D eigenvalue weighted by Crippen LogP contribution is -2.30. The van der Waals surface area contributed by atoms with Gasteiger partial charge in [-0.2, -0.15) is 0 Å². The van der Waals surface area contributed by atoms with Crippen LogP contribution in [0.2, 0.25) is 5.02 Å². The van der Waals surface area contributed by atoms with Crippen molar-refractivity contribution in [2.24, 2.45) is 0 Å². The average Bonchev–Trinajstić information content (AvgIpc) is 2.99. The fourth-order valence-electron chi connectivity index (χ4n) is 1.58. The lowest BCUT2D eigenvalue weighted by molar-refractivity contribution is -0.116. The standard InChI is InChI=1S/C13H14ClN5O2S/c14-9-3-5-10(6-4-9)17-11(20)2-1-7-15-12(21)18-13-19-16-8-22-13/h3-6,8H,1-2,7H2,(H,17,20)(H2,15,18,19,21). The molecule has 0 unspecified atom stereocenters. The lowest BCUT2D eigenvalue weighted by atomic mass is 10.2. The Morgan fingerprint density at radius 2 is 1.95 bits per heavy atom. The number of carbonyl (C=O) groups is 2. The van der Waals surface area contributed by atoms with Crippen LogP contribution in [-0.4, -0.2) is 28.7 Å². The van der Waals surface area contributed by atoms with Gasteiger partial charge in [0.2, 0.25) is 11.0 Å². The van der Waals surface area contributed by atoms with E-state index in [1.807, 2.05) is 0 Å². The molecule has 0 aliphatic rings. The number of anilines is 2. The topological polar surface area (TPSA) is 96.0 Å². The van der Waals surface area contributed by atoms with Crippen molar-refractivity contribution in [2.45, 2.75) is 12.8 Å². The Morgan fingerprint density at radius 3 is 2.64 bits per heavy atom. The number of amides is 3. The zero-order valence-corrected chi connectivity index (χ0v) is 13.1. The quantitative estimate of drug-likeness (QED) is 0.705. The van der Waals surface area contributed by atoms with Gasteiger partial charge < -0.3 is 10.6 Å². The first-order chi connectivity index (χ1) is 10.6. The van der Waals surface area contributed by atoms with Crippen LogP contribution in [0.15, 0.2) is 29.8 Å². The highest BCUT2D eigenvalue weighted by molar-refractivity contribution is 7.13. The number of halogens is 1. The van der Waals surface area contributed by atoms with Crippen LogP contribution >= 0.6 is 22.9 Å². The minimum atomic E-state index is -0.366. The second-order valence-electron chi connectivity index (χ2n) is 4.28. The van der Waals surface area contributed by atoms with Crippen molar-refractivity contribution in [3.05, 3.63) is 34.8 Å². The molecular formula is C13H14ClN5O2S. The number of aromatic nitrogens is 2. The summed E-state index contributed by atoms with van der Waals surface area (Å²) < 4.78 is 0. The van der Waals surface area contributed by atoms with Crippen molar-refractivity contribution in [2.75, 3.05) is 17.2 Å². The molecular weight excluding hydrogens is 326 g/mol. The molecule has 22 heavy (non-hydrogen) atoms. The van der Waals surface area contributed by atoms with E-state index in [1.54, 1.807) is 24.3 Å². The Kier molecular flexibility index (Phi) is 6.11. The van der Waals surface area contributed by atoms with Crippen molar-refractivity contribution in [3.63, 3.8) is 0 Å². The first kappa shape index (κ1) is 16.2. The molecule has 0 fully saturated rings. The Balaban J connectivity index is 1.60. The number of hydrogen-bond donors (Lipinski definition) is 3. The maximum Gasteiger partial charge on any atom is 0.321 e. The Bertz CT molecular complexity index is 618. The lowest BCUT2D eigenvalue weighted by Gasteiger charge is -2.06. The van der Waals surface area contributed by atoms with E-state index in [-0.39, 0.29) is 11.9 Å². The summed E-state index contributed by atoms with van der Waals surface area (Å²) in [6.45, 7) is 0.388. The number of nitrogens with zero attached hydrogens (tertiary/aromatic N) is 2. The highest BCUT2D eigenvalue weighted by Crippen LogP contribution is 2.13. The van der Waals surface area contributed by atoms with E-state index in [2.05, 4.69) is 26.1 Å². The smallest absolute Gasteiger partial charge is 0.321 e. The van der Waals surface area contributed by atoms with E-state index in [9.17, 15) is 9.59 Å². The molecule has 1 heterocycles. The molecule has 116 valence electrons. The van der Waals surface area contributed by atoms with Crippen LogP contribution in [0.5, 0.6) is 0 Å². The summed E-state index contributed by atoms with van der Waals surface area (Å²) in [4.78, 5) is 23.2. The highest BCUT2D eigenvalue weighted by Gasteiger charge is 2.05. The minimum absolute atomic E-state index is 0.117. The maximum atomic E-state index is 11.7. The van der Waals surface area contributed by atoms with E-state index in [4.69, 9.17) is 11.6 Å². The SMILES string of the molecule is O=C(CCCNC(=O)Nc1nncs1)Nc1ccc(Cl)cc1. The second-order valence-corrected chi connectivity index (χ2v) is 5.55. The molecule has 9 heteroatoms. The van der Waals surface area contributed by atoms with Gasteiger partial charge >= 0.3 is 6.03 Å². The van der Waals surface area contributed by atoms with Gasteiger partial charge in [-0.3, -0.25) is 10.1 Å². The van der Waals surface area contributed by atoms with Crippen molar-refractivity contribution >= 4 is 45.7 Å². The van der Waals surface area contributed by atoms with Gasteiger partial charge in [0.1, 0.15) is 5.51 Å². The van der Waals surface area contributed by atoms with E-state index < -0.39 is 0 Å². The van der Waals surface area contributed by atoms with Crippen molar-refractivity contribution in [1.82, 2.24) is 15.5 Å². The summed E-state index contributed by atoms with van der Waals surface area (Å²) in [5.74, 6) is -0.117. The Labute approximate surface area is 136 Å². The summed E-state index contributed by atoms with van der Waals surface area (Å²) in [6, 6.07) is 6.50. The van der Waals surface area contributed by atoms with Gasteiger partial charge in [-0.25, -0.2) is 4.79 Å². The number of carbonyl (C=O) groups excluding carboxylic acids is 2. The molecule has 3 amide bonds. The summed E-state index contributed by atoms with van der Waals surface area (Å²) in [6.07, 6.45) is 0.838. The number of rotatable bonds is 6. The van der Waals surface area contributed by atoms with Gasteiger partial charge in [0.15, 0.2) is 0 Å². The molecule has 0 spiro atoms. The molecule has 3 N–H and O–H groups in total. The molecule has 0 radical (unpaired) electrons. The van der Waals surface area contributed by atoms with Crippen LogP contribution in [0, 0.1) is 0 Å². The van der Waals surface area contributed by atoms with Crippen LogP contribution in [0.1, 0.15) is 12.8 Å². The second kappa shape index (κ2) is 8.30. The van der Waals surface area contributed by atoms with Gasteiger partial charge in [0.25, 0.3) is 0 Å². The number of urea groups is 1. The Hall–Kier alpha value is -2.19. The average molecular weight is 340 g/mol. The summed E-state index contributed by atoms with van der Waals surface area (Å²) >= 11 is 6.99. The van der Waals surface area contributed by atoms with Crippen LogP contribution in [0.4, 0.5) is 15.6 Å². The van der Waals surface area contributed by atoms with Crippen molar-refractivity contribution in [1.29, 1.82) is 0 Å². The molecule has 1 aromatic carbocycles. The van der Waals surface area contributed by atoms with Crippen molar-refractivity contribution < 1.29 is 9.59 Å². The predicted octanol–water partition coefficient (Wildman–Crippen LogP) is 2.73. The van der Waals surface area contributed by atoms with Gasteiger partial charge in [0.05, 0.1) is 0 Å². The largest absolute Gasteiger partial charge is 0.338 e. The maximum absolute atomic E-state index is 11.7. The summed E-state index contributed by atoms with van der Waals surface area (Å²) in [5, 5.41) is 16.3. The van der Waals surface area contributed by atoms with Gasteiger partial charge in [-0.1, -0.05) is 22.9 Å². The summed E-state index contributed by atoms with van der Waals surface area (Å²) in [5.41, 5.74) is 2.22. The molecule has 7 nitrogen and oxygen atoms in total. The monoisotopic (exact) mass is 339 g/mol. The molecule has 0 saturated carbocycles. The molecule has 0 bridgehead atoms. The Morgan fingerprint density at radius 1 is 1.18 bits per heavy atom. The third-order valence-corrected chi connectivity index (χ3v) is 3.43. The molecule has 0 aliphatic heterocycles. The van der Waals surface area contributed by atoms with Gasteiger partial charge in [-0.05, 0) is 30.7 Å². The fraction of sp³-hybridized carbons (Fsp3) is 0.231. The zero-order chi connectivity index (χ0) is 15.8. The predicted molar refractivity (Wildman–Crippen MR) is 86.2 cm³/mol. The third-order valence-electron chi connectivity index (χ3n) is 2.57. The fourth-order valence-corrected chi connectivity index (χ4v) is 2.14. The first-order valence-corrected chi connectivity index (χ1v) is 7.75. The number of nitrogens with one attached hydrogen (secondary N) is 3. The molecule has 0 aliphatic carbocycles. The molecule has 2 rings (SSSR count). The van der Waals surface area contributed by atoms with Crippen LogP contribution in [0.25, 0.3) is 0 Å². The van der Waals surface area contributed by atoms with Gasteiger partial charge in [-0.15, -0.1) is 10.2 Å². The number of benzene rings is 1. The van der Waals surface area contributed by atoms with Gasteiger partial charge in [0, 0.05) is 23.7 Å². The molecule has 1 aromatic heterocycles. The van der Waals surface area contributed by atoms with E-state index in [0.29, 0.717) is 35.2 Å². The van der Waals surface area contributed by atoms with E-state index in [0.717, 1.165) is 0 Å². The van der Waals surface area contributed by atoms with E-state index in [1.165, 1.54) is 16.8 Å². The number of hydrogen-bond acceptors (Lipinski definition) is 5.